The van der Waals surface area contributed by atoms with Gasteiger partial charge in [0.2, 0.25) is 0 Å². The Balaban J connectivity index is 1.60. The Bertz CT molecular complexity index is 1370. The van der Waals surface area contributed by atoms with Crippen molar-refractivity contribution in [3.63, 3.8) is 0 Å². The molecule has 8 heteroatoms. The van der Waals surface area contributed by atoms with Crippen LogP contribution in [-0.2, 0) is 0 Å². The van der Waals surface area contributed by atoms with Crippen molar-refractivity contribution < 1.29 is 18.7 Å². The highest BCUT2D eigenvalue weighted by Gasteiger charge is 2.20. The number of hydrogen-bond acceptors (Lipinski definition) is 6. The van der Waals surface area contributed by atoms with Crippen molar-refractivity contribution in [1.29, 1.82) is 0 Å². The highest BCUT2D eigenvalue weighted by Crippen LogP contribution is 2.32. The van der Waals surface area contributed by atoms with Crippen LogP contribution >= 0.6 is 12.8 Å². The van der Waals surface area contributed by atoms with E-state index in [2.05, 4.69) is 18.1 Å². The lowest BCUT2D eigenvalue weighted by molar-refractivity contribution is 0.0902. The van der Waals surface area contributed by atoms with Crippen molar-refractivity contribution in [3.05, 3.63) is 94.8 Å². The fourth-order valence-electron chi connectivity index (χ4n) is 3.21. The number of hydrogen-bond donors (Lipinski definition) is 2. The van der Waals surface area contributed by atoms with Gasteiger partial charge >= 0.3 is 11.7 Å². The molecule has 0 unspecified atom stereocenters. The molecule has 0 aliphatic heterocycles. The second-order valence-electron chi connectivity index (χ2n) is 6.81. The number of anilines is 1. The summed E-state index contributed by atoms with van der Waals surface area (Å²) in [5, 5.41) is 3.37. The predicted octanol–water partition coefficient (Wildman–Crippen LogP) is 4.99. The number of imide groups is 1. The predicted molar refractivity (Wildman–Crippen MR) is 125 cm³/mol. The lowest BCUT2D eigenvalue weighted by Crippen LogP contribution is -2.32. The van der Waals surface area contributed by atoms with E-state index >= 15 is 0 Å². The minimum Gasteiger partial charge on any atom is -0.496 e. The van der Waals surface area contributed by atoms with E-state index in [1.165, 1.54) is 7.11 Å². The number of ether oxygens (including phenoxy) is 1. The Labute approximate surface area is 188 Å². The fourth-order valence-corrected chi connectivity index (χ4v) is 3.38. The number of amides is 3. The summed E-state index contributed by atoms with van der Waals surface area (Å²) in [6.07, 6.45) is 0. The van der Waals surface area contributed by atoms with E-state index in [1.54, 1.807) is 66.7 Å². The molecule has 4 aromatic rings. The van der Waals surface area contributed by atoms with Crippen LogP contribution in [-0.4, -0.2) is 23.4 Å². The van der Waals surface area contributed by atoms with Gasteiger partial charge in [0.25, 0.3) is 5.91 Å². The Morgan fingerprint density at radius 2 is 1.66 bits per heavy atom. The first-order chi connectivity index (χ1) is 15.5. The maximum absolute atomic E-state index is 12.5. The molecule has 1 N–H and O–H groups in total. The third-order valence-corrected chi connectivity index (χ3v) is 5.15. The molecule has 7 nitrogen and oxygen atoms in total. The quantitative estimate of drug-likeness (QED) is 0.341. The number of fused-ring (bicyclic) bond motifs is 1. The summed E-state index contributed by atoms with van der Waals surface area (Å²) < 4.78 is 11.5. The Hall–Kier alpha value is -4.04. The Kier molecular flexibility index (Phi) is 5.96. The van der Waals surface area contributed by atoms with Gasteiger partial charge in [-0.2, -0.15) is 0 Å². The van der Waals surface area contributed by atoms with Crippen LogP contribution in [0.3, 0.4) is 0 Å². The monoisotopic (exact) mass is 446 g/mol. The lowest BCUT2D eigenvalue weighted by atomic mass is 10.0. The molecule has 0 saturated carbocycles. The third kappa shape index (κ3) is 4.21. The number of methoxy groups -OCH3 is 1. The number of carbonyl (C=O) groups is 2. The van der Waals surface area contributed by atoms with Crippen molar-refractivity contribution in [1.82, 2.24) is 4.31 Å². The van der Waals surface area contributed by atoms with E-state index < -0.39 is 17.6 Å². The van der Waals surface area contributed by atoms with Crippen molar-refractivity contribution in [3.8, 4) is 16.9 Å². The summed E-state index contributed by atoms with van der Waals surface area (Å²) in [5.41, 5.74) is 1.51. The molecule has 32 heavy (non-hydrogen) atoms. The molecule has 160 valence electrons. The zero-order chi connectivity index (χ0) is 22.7. The van der Waals surface area contributed by atoms with Gasteiger partial charge in [-0.1, -0.05) is 49.2 Å². The van der Waals surface area contributed by atoms with Gasteiger partial charge in [0.05, 0.1) is 12.7 Å². The number of nitrogens with zero attached hydrogens (tertiary/aromatic N) is 1. The first kappa shape index (κ1) is 21.2. The van der Waals surface area contributed by atoms with Crippen LogP contribution in [0, 0.1) is 0 Å². The largest absolute Gasteiger partial charge is 0.496 e. The smallest absolute Gasteiger partial charge is 0.344 e. The molecular formula is C24H18N2O5S. The maximum atomic E-state index is 12.5. The van der Waals surface area contributed by atoms with Crippen LogP contribution in [0.15, 0.2) is 88.1 Å². The first-order valence-electron chi connectivity index (χ1n) is 9.58. The third-order valence-electron chi connectivity index (χ3n) is 4.79. The van der Waals surface area contributed by atoms with E-state index in [1.807, 2.05) is 12.1 Å². The topological polar surface area (TPSA) is 88.8 Å². The van der Waals surface area contributed by atoms with Crippen LogP contribution in [0.4, 0.5) is 10.5 Å². The molecule has 3 aromatic carbocycles. The van der Waals surface area contributed by atoms with E-state index in [-0.39, 0.29) is 0 Å². The average Bonchev–Trinajstić information content (AvgIpc) is 2.83. The molecule has 0 bridgehead atoms. The van der Waals surface area contributed by atoms with Crippen LogP contribution in [0.1, 0.15) is 10.4 Å². The number of urea groups is 1. The lowest BCUT2D eigenvalue weighted by Gasteiger charge is -2.16. The van der Waals surface area contributed by atoms with Gasteiger partial charge < -0.3 is 14.5 Å². The summed E-state index contributed by atoms with van der Waals surface area (Å²) in [4.78, 5) is 37.4. The van der Waals surface area contributed by atoms with Crippen molar-refractivity contribution in [2.45, 2.75) is 0 Å². The molecule has 0 saturated heterocycles. The molecule has 3 amide bonds. The fraction of sp³-hybridized carbons (Fsp3) is 0.0417. The van der Waals surface area contributed by atoms with E-state index in [0.717, 1.165) is 5.39 Å². The van der Waals surface area contributed by atoms with Gasteiger partial charge in [0, 0.05) is 28.3 Å². The Morgan fingerprint density at radius 1 is 0.938 bits per heavy atom. The second-order valence-corrected chi connectivity index (χ2v) is 7.21. The highest BCUT2D eigenvalue weighted by molar-refractivity contribution is 7.79. The normalized spacial score (nSPS) is 10.6. The van der Waals surface area contributed by atoms with Crippen molar-refractivity contribution >= 4 is 41.4 Å². The van der Waals surface area contributed by atoms with E-state index in [0.29, 0.717) is 38.0 Å². The van der Waals surface area contributed by atoms with Gasteiger partial charge in [-0.25, -0.2) is 13.9 Å². The summed E-state index contributed by atoms with van der Waals surface area (Å²) >= 11 is 4.02. The summed E-state index contributed by atoms with van der Waals surface area (Å²) in [6, 6.07) is 21.3. The molecule has 1 aromatic heterocycles. The van der Waals surface area contributed by atoms with Gasteiger partial charge in [-0.15, -0.1) is 0 Å². The van der Waals surface area contributed by atoms with Gasteiger partial charge in [0.1, 0.15) is 11.3 Å². The molecule has 0 radical (unpaired) electrons. The average molecular weight is 446 g/mol. The van der Waals surface area contributed by atoms with Crippen LogP contribution in [0.25, 0.3) is 22.1 Å². The number of nitrogens with one attached hydrogen (secondary N) is 1. The van der Waals surface area contributed by atoms with Crippen LogP contribution < -0.4 is 15.7 Å². The minimum absolute atomic E-state index is 0.327. The zero-order valence-corrected chi connectivity index (χ0v) is 17.8. The van der Waals surface area contributed by atoms with Crippen molar-refractivity contribution in [2.75, 3.05) is 12.4 Å². The van der Waals surface area contributed by atoms with E-state index in [9.17, 15) is 14.4 Å². The molecule has 0 fully saturated rings. The molecule has 0 aliphatic carbocycles. The first-order valence-corrected chi connectivity index (χ1v) is 9.98. The van der Waals surface area contributed by atoms with Gasteiger partial charge in [-0.05, 0) is 36.4 Å². The molecule has 0 aliphatic rings. The zero-order valence-electron chi connectivity index (χ0n) is 16.9. The van der Waals surface area contributed by atoms with Crippen LogP contribution in [0.5, 0.6) is 5.75 Å². The SMILES string of the molecule is COc1cc(NC(=O)N(S)C(=O)c2ccccc2)ccc1-c1cc2ccccc2oc1=O. The molecule has 4 rings (SSSR count). The van der Waals surface area contributed by atoms with E-state index in [4.69, 9.17) is 9.15 Å². The van der Waals surface area contributed by atoms with Crippen molar-refractivity contribution in [2.24, 2.45) is 0 Å². The van der Waals surface area contributed by atoms with Crippen LogP contribution in [0.2, 0.25) is 0 Å². The number of rotatable bonds is 4. The molecular weight excluding hydrogens is 428 g/mol. The highest BCUT2D eigenvalue weighted by atomic mass is 32.1. The summed E-state index contributed by atoms with van der Waals surface area (Å²) in [7, 11) is 1.46. The number of carbonyl (C=O) groups excluding carboxylic acids is 2. The maximum Gasteiger partial charge on any atom is 0.344 e. The molecule has 0 spiro atoms. The standard InChI is InChI=1S/C24H18N2O5S/c1-30-21-14-17(25-24(29)26(32)22(27)15-7-3-2-4-8-15)11-12-18(21)19-13-16-9-5-6-10-20(16)31-23(19)28/h2-14,32H,1H3,(H,25,29). The van der Waals surface area contributed by atoms with Gasteiger partial charge in [-0.3, -0.25) is 4.79 Å². The summed E-state index contributed by atoms with van der Waals surface area (Å²) in [5.74, 6) is -0.214. The minimum atomic E-state index is -0.734. The second kappa shape index (κ2) is 8.99. The number of para-hydroxylation sites is 1. The molecule has 0 atom stereocenters. The summed E-state index contributed by atoms with van der Waals surface area (Å²) in [6.45, 7) is 0. The Morgan fingerprint density at radius 3 is 2.41 bits per heavy atom. The van der Waals surface area contributed by atoms with Gasteiger partial charge in [0.15, 0.2) is 0 Å². The number of benzene rings is 3. The number of thiol groups is 1. The molecule has 1 heterocycles.